The van der Waals surface area contributed by atoms with Crippen LogP contribution in [0.1, 0.15) is 25.7 Å². The number of amides is 3. The normalized spacial score (nSPS) is 18.8. The summed E-state index contributed by atoms with van der Waals surface area (Å²) in [6.07, 6.45) is 3.70. The second kappa shape index (κ2) is 17.5. The molecular weight excluding hydrogens is 448 g/mol. The van der Waals surface area contributed by atoms with Gasteiger partial charge in [0.05, 0.1) is 0 Å². The molecule has 2 atom stereocenters. The van der Waals surface area contributed by atoms with Crippen LogP contribution in [-0.2, 0) is 9.59 Å². The molecular formula is C18H36N4O3S4. The highest BCUT2D eigenvalue weighted by Crippen LogP contribution is 2.28. The molecule has 0 spiro atoms. The van der Waals surface area contributed by atoms with Crippen molar-refractivity contribution in [3.8, 4) is 0 Å². The monoisotopic (exact) mass is 484 g/mol. The molecule has 1 heterocycles. The highest BCUT2D eigenvalue weighted by Gasteiger charge is 2.49. The van der Waals surface area contributed by atoms with E-state index in [0.29, 0.717) is 31.1 Å². The number of rotatable bonds is 15. The Hall–Kier alpha value is -0.230. The topological polar surface area (TPSA) is 64.2 Å². The zero-order chi connectivity index (χ0) is 22.2. The van der Waals surface area contributed by atoms with E-state index in [-0.39, 0.29) is 18.4 Å². The minimum atomic E-state index is -0.306. The van der Waals surface area contributed by atoms with Crippen molar-refractivity contribution in [2.45, 2.75) is 38.0 Å². The van der Waals surface area contributed by atoms with Crippen LogP contribution in [0, 0.1) is 0 Å². The molecule has 1 rings (SSSR count). The number of likely N-dealkylation sites (N-methyl/N-ethyl adjacent to an activating group) is 1. The van der Waals surface area contributed by atoms with Crippen molar-refractivity contribution in [3.63, 3.8) is 0 Å². The molecule has 11 heteroatoms. The molecule has 0 aliphatic carbocycles. The van der Waals surface area contributed by atoms with E-state index in [2.05, 4.69) is 55.4 Å². The van der Waals surface area contributed by atoms with Gasteiger partial charge in [0.2, 0.25) is 6.41 Å². The Bertz CT molecular complexity index is 465. The SMILES string of the molecule is C=O.CN(CCCS)C1C(N(C=O)CCCS)N(CCCS)C(=O)N1CCCS. The average molecular weight is 485 g/mol. The lowest BCUT2D eigenvalue weighted by Gasteiger charge is -2.39. The Kier molecular flexibility index (Phi) is 17.3. The number of hydrogen-bond acceptors (Lipinski definition) is 8. The fourth-order valence-electron chi connectivity index (χ4n) is 3.42. The number of thiol groups is 4. The number of carbonyl (C=O) groups is 3. The minimum Gasteiger partial charge on any atom is -0.321 e. The van der Waals surface area contributed by atoms with Crippen LogP contribution in [-0.4, -0.2) is 107 Å². The fraction of sp³-hybridized carbons (Fsp3) is 0.833. The zero-order valence-electron chi connectivity index (χ0n) is 17.2. The molecule has 3 amide bonds. The van der Waals surface area contributed by atoms with Gasteiger partial charge in [0.1, 0.15) is 19.1 Å². The van der Waals surface area contributed by atoms with Gasteiger partial charge in [-0.25, -0.2) is 4.79 Å². The quantitative estimate of drug-likeness (QED) is 0.212. The molecule has 29 heavy (non-hydrogen) atoms. The van der Waals surface area contributed by atoms with E-state index in [1.54, 1.807) is 4.90 Å². The van der Waals surface area contributed by atoms with Crippen molar-refractivity contribution in [3.05, 3.63) is 0 Å². The summed E-state index contributed by atoms with van der Waals surface area (Å²) in [6.45, 7) is 4.62. The van der Waals surface area contributed by atoms with Crippen molar-refractivity contribution < 1.29 is 14.4 Å². The largest absolute Gasteiger partial charge is 0.323 e. The molecule has 1 fully saturated rings. The van der Waals surface area contributed by atoms with E-state index < -0.39 is 0 Å². The van der Waals surface area contributed by atoms with Gasteiger partial charge in [-0.2, -0.15) is 50.5 Å². The van der Waals surface area contributed by atoms with Gasteiger partial charge in [-0.05, 0) is 55.7 Å². The number of hydrogen-bond donors (Lipinski definition) is 4. The highest BCUT2D eigenvalue weighted by molar-refractivity contribution is 7.80. The third kappa shape index (κ3) is 8.80. The van der Waals surface area contributed by atoms with Gasteiger partial charge in [0, 0.05) is 26.2 Å². The maximum atomic E-state index is 13.2. The van der Waals surface area contributed by atoms with E-state index >= 15 is 0 Å². The van der Waals surface area contributed by atoms with Gasteiger partial charge in [-0.15, -0.1) is 0 Å². The Labute approximate surface area is 197 Å². The molecule has 1 aliphatic heterocycles. The Morgan fingerprint density at radius 3 is 1.76 bits per heavy atom. The number of carbonyl (C=O) groups excluding carboxylic acids is 3. The summed E-state index contributed by atoms with van der Waals surface area (Å²) in [5.74, 6) is 2.90. The van der Waals surface area contributed by atoms with Crippen molar-refractivity contribution in [1.29, 1.82) is 0 Å². The van der Waals surface area contributed by atoms with Crippen LogP contribution in [0.25, 0.3) is 0 Å². The first kappa shape index (κ1) is 28.8. The van der Waals surface area contributed by atoms with E-state index in [1.165, 1.54) is 0 Å². The summed E-state index contributed by atoms with van der Waals surface area (Å²) in [5, 5.41) is 0. The van der Waals surface area contributed by atoms with Gasteiger partial charge < -0.3 is 19.5 Å². The van der Waals surface area contributed by atoms with Crippen LogP contribution < -0.4 is 0 Å². The Morgan fingerprint density at radius 1 is 0.862 bits per heavy atom. The van der Waals surface area contributed by atoms with Gasteiger partial charge >= 0.3 is 6.03 Å². The molecule has 0 saturated carbocycles. The van der Waals surface area contributed by atoms with Crippen molar-refractivity contribution in [2.24, 2.45) is 0 Å². The lowest BCUT2D eigenvalue weighted by Crippen LogP contribution is -2.57. The van der Waals surface area contributed by atoms with Gasteiger partial charge in [-0.3, -0.25) is 9.69 Å². The maximum Gasteiger partial charge on any atom is 0.323 e. The molecule has 0 aromatic carbocycles. The number of nitrogens with zero attached hydrogens (tertiary/aromatic N) is 4. The predicted molar refractivity (Wildman–Crippen MR) is 133 cm³/mol. The fourth-order valence-corrected chi connectivity index (χ4v) is 3.99. The van der Waals surface area contributed by atoms with Crippen molar-refractivity contribution >= 4 is 69.7 Å². The molecule has 7 nitrogen and oxygen atoms in total. The number of urea groups is 1. The first-order chi connectivity index (χ1) is 14.1. The van der Waals surface area contributed by atoms with Crippen LogP contribution in [0.4, 0.5) is 4.79 Å². The van der Waals surface area contributed by atoms with Gasteiger partial charge in [0.25, 0.3) is 0 Å². The van der Waals surface area contributed by atoms with E-state index in [9.17, 15) is 9.59 Å². The molecule has 0 aromatic rings. The first-order valence-corrected chi connectivity index (χ1v) is 12.3. The molecule has 0 bridgehead atoms. The summed E-state index contributed by atoms with van der Waals surface area (Å²) in [6, 6.07) is -0.0102. The van der Waals surface area contributed by atoms with Crippen LogP contribution in [0.2, 0.25) is 0 Å². The molecule has 2 unspecified atom stereocenters. The summed E-state index contributed by atoms with van der Waals surface area (Å²) >= 11 is 17.2. The Morgan fingerprint density at radius 2 is 1.31 bits per heavy atom. The van der Waals surface area contributed by atoms with Crippen molar-refractivity contribution in [1.82, 2.24) is 19.6 Å². The molecule has 0 N–H and O–H groups in total. The smallest absolute Gasteiger partial charge is 0.321 e. The van der Waals surface area contributed by atoms with Crippen LogP contribution >= 0.6 is 50.5 Å². The van der Waals surface area contributed by atoms with E-state index in [0.717, 1.165) is 50.1 Å². The Balaban J connectivity index is 0.00000379. The summed E-state index contributed by atoms with van der Waals surface area (Å²) in [5.41, 5.74) is 0. The maximum absolute atomic E-state index is 13.2. The second-order valence-electron chi connectivity index (χ2n) is 6.63. The summed E-state index contributed by atoms with van der Waals surface area (Å²) in [7, 11) is 2.02. The third-order valence-electron chi connectivity index (χ3n) is 4.68. The lowest BCUT2D eigenvalue weighted by atomic mass is 10.2. The lowest BCUT2D eigenvalue weighted by molar-refractivity contribution is -0.125. The first-order valence-electron chi connectivity index (χ1n) is 9.78. The third-order valence-corrected chi connectivity index (χ3v) is 5.95. The molecule has 0 aromatic heterocycles. The standard InChI is InChI=1S/C17H34N4O2S4.CH2O/c1-18(6-2-10-24)15-16(19(14-22)7-3-11-25)21(9-5-13-27)17(23)20(15)8-4-12-26;1-2/h14-16,24-27H,2-13H2,1H3;1H2. The van der Waals surface area contributed by atoms with Crippen LogP contribution in [0.3, 0.4) is 0 Å². The zero-order valence-corrected chi connectivity index (χ0v) is 20.8. The van der Waals surface area contributed by atoms with Crippen LogP contribution in [0.5, 0.6) is 0 Å². The molecule has 1 saturated heterocycles. The summed E-state index contributed by atoms with van der Waals surface area (Å²) in [4.78, 5) is 40.8. The van der Waals surface area contributed by atoms with E-state index in [4.69, 9.17) is 4.79 Å². The van der Waals surface area contributed by atoms with E-state index in [1.807, 2.05) is 23.6 Å². The molecule has 170 valence electrons. The van der Waals surface area contributed by atoms with Gasteiger partial charge in [-0.1, -0.05) is 0 Å². The highest BCUT2D eigenvalue weighted by atomic mass is 32.1. The minimum absolute atomic E-state index is 0.0102. The molecule has 1 aliphatic rings. The van der Waals surface area contributed by atoms with Gasteiger partial charge in [0.15, 0.2) is 0 Å². The van der Waals surface area contributed by atoms with Crippen LogP contribution in [0.15, 0.2) is 0 Å². The molecule has 0 radical (unpaired) electrons. The predicted octanol–water partition coefficient (Wildman–Crippen LogP) is 1.86. The average Bonchev–Trinajstić information content (AvgIpc) is 3.02. The van der Waals surface area contributed by atoms with Crippen molar-refractivity contribution in [2.75, 3.05) is 56.2 Å². The second-order valence-corrected chi connectivity index (χ2v) is 8.42. The summed E-state index contributed by atoms with van der Waals surface area (Å²) < 4.78 is 0.